The van der Waals surface area contributed by atoms with Crippen LogP contribution in [0.15, 0.2) is 89.4 Å². The second kappa shape index (κ2) is 8.68. The minimum Gasteiger partial charge on any atom is -0.468 e. The molecule has 3 aromatic carbocycles. The van der Waals surface area contributed by atoms with Crippen molar-refractivity contribution in [1.82, 2.24) is 5.32 Å². The third-order valence-electron chi connectivity index (χ3n) is 8.18. The van der Waals surface area contributed by atoms with Crippen molar-refractivity contribution >= 4 is 39.4 Å². The van der Waals surface area contributed by atoms with Crippen molar-refractivity contribution in [1.29, 1.82) is 0 Å². The maximum atomic E-state index is 14.4. The number of benzene rings is 3. The lowest BCUT2D eigenvalue weighted by Gasteiger charge is -2.41. The molecule has 1 N–H and O–H groups in total. The second-order valence-corrected chi connectivity index (χ2v) is 10.7. The van der Waals surface area contributed by atoms with E-state index in [-0.39, 0.29) is 12.3 Å². The molecule has 2 fully saturated rings. The van der Waals surface area contributed by atoms with Gasteiger partial charge in [-0.2, -0.15) is 0 Å². The summed E-state index contributed by atoms with van der Waals surface area (Å²) in [6.07, 6.45) is 0.179. The Kier molecular flexibility index (Phi) is 5.88. The van der Waals surface area contributed by atoms with Crippen molar-refractivity contribution in [2.75, 3.05) is 12.0 Å². The molecule has 2 heterocycles. The van der Waals surface area contributed by atoms with E-state index in [1.807, 2.05) is 60.7 Å². The summed E-state index contributed by atoms with van der Waals surface area (Å²) in [7, 11) is 1.32. The van der Waals surface area contributed by atoms with Crippen LogP contribution >= 0.6 is 15.9 Å². The zero-order valence-electron chi connectivity index (χ0n) is 20.3. The number of anilines is 1. The molecule has 3 aromatic rings. The summed E-state index contributed by atoms with van der Waals surface area (Å²) in [5, 5.41) is 3.50. The first kappa shape index (κ1) is 24.4. The van der Waals surface area contributed by atoms with E-state index in [0.29, 0.717) is 5.69 Å². The molecule has 7 heteroatoms. The molecule has 36 heavy (non-hydrogen) atoms. The molecule has 0 aromatic heterocycles. The number of nitrogens with one attached hydrogen (secondary N) is 1. The van der Waals surface area contributed by atoms with Crippen molar-refractivity contribution < 1.29 is 19.1 Å². The number of para-hydroxylation sites is 1. The van der Waals surface area contributed by atoms with Crippen molar-refractivity contribution in [3.63, 3.8) is 0 Å². The first-order chi connectivity index (χ1) is 17.2. The molecular weight excluding hydrogens is 520 g/mol. The highest BCUT2D eigenvalue weighted by atomic mass is 79.9. The van der Waals surface area contributed by atoms with Gasteiger partial charge in [0.25, 0.3) is 0 Å². The first-order valence-electron chi connectivity index (χ1n) is 11.8. The standard InChI is InChI=1S/C29H27BrN2O4/c1-27-23(20-13-10-14-21(30)17-20)31-29(26(35)36-3,18-19-11-6-4-7-12-19)28(27,2)25(34)32(24(27)33)22-15-8-5-9-16-22/h4-17,23,31H,18H2,1-3H3. The van der Waals surface area contributed by atoms with Gasteiger partial charge in [-0.1, -0.05) is 76.6 Å². The summed E-state index contributed by atoms with van der Waals surface area (Å²) in [6, 6.07) is 25.4. The van der Waals surface area contributed by atoms with Crippen molar-refractivity contribution in [3.8, 4) is 0 Å². The smallest absolute Gasteiger partial charge is 0.327 e. The van der Waals surface area contributed by atoms with Crippen molar-refractivity contribution in [2.24, 2.45) is 10.8 Å². The molecule has 2 saturated heterocycles. The zero-order chi connectivity index (χ0) is 25.7. The average Bonchev–Trinajstić information content (AvgIpc) is 3.19. The van der Waals surface area contributed by atoms with E-state index in [9.17, 15) is 14.4 Å². The lowest BCUT2D eigenvalue weighted by Crippen LogP contribution is -2.63. The number of methoxy groups -OCH3 is 1. The highest BCUT2D eigenvalue weighted by Crippen LogP contribution is 2.66. The van der Waals surface area contributed by atoms with E-state index in [1.54, 1.807) is 38.1 Å². The molecule has 0 spiro atoms. The Balaban J connectivity index is 1.79. The van der Waals surface area contributed by atoms with Gasteiger partial charge in [0.1, 0.15) is 5.54 Å². The molecule has 4 atom stereocenters. The molecule has 184 valence electrons. The molecular formula is C29H27BrN2O4. The Hall–Kier alpha value is -3.29. The summed E-state index contributed by atoms with van der Waals surface area (Å²) in [5.74, 6) is -1.35. The van der Waals surface area contributed by atoms with Crippen LogP contribution in [-0.2, 0) is 25.5 Å². The maximum Gasteiger partial charge on any atom is 0.327 e. The number of halogens is 1. The largest absolute Gasteiger partial charge is 0.468 e. The molecule has 2 amide bonds. The van der Waals surface area contributed by atoms with Crippen LogP contribution in [0.1, 0.15) is 31.0 Å². The van der Waals surface area contributed by atoms with Crippen LogP contribution in [0.25, 0.3) is 0 Å². The van der Waals surface area contributed by atoms with Gasteiger partial charge >= 0.3 is 5.97 Å². The van der Waals surface area contributed by atoms with E-state index in [1.165, 1.54) is 12.0 Å². The van der Waals surface area contributed by atoms with Crippen LogP contribution in [0.3, 0.4) is 0 Å². The monoisotopic (exact) mass is 546 g/mol. The third kappa shape index (κ3) is 3.15. The fourth-order valence-electron chi connectivity index (χ4n) is 6.11. The van der Waals surface area contributed by atoms with Gasteiger partial charge in [-0.25, -0.2) is 4.90 Å². The number of carbonyl (C=O) groups is 3. The van der Waals surface area contributed by atoms with Crippen LogP contribution in [0.4, 0.5) is 5.69 Å². The number of hydrogen-bond donors (Lipinski definition) is 1. The number of rotatable bonds is 5. The van der Waals surface area contributed by atoms with Crippen LogP contribution in [0.5, 0.6) is 0 Å². The quantitative estimate of drug-likeness (QED) is 0.366. The van der Waals surface area contributed by atoms with Gasteiger partial charge in [-0.3, -0.25) is 19.7 Å². The number of esters is 1. The molecule has 4 unspecified atom stereocenters. The number of ether oxygens (including phenoxy) is 1. The fraction of sp³-hybridized carbons (Fsp3) is 0.276. The van der Waals surface area contributed by atoms with Crippen LogP contribution in [-0.4, -0.2) is 30.4 Å². The van der Waals surface area contributed by atoms with Crippen molar-refractivity contribution in [2.45, 2.75) is 31.8 Å². The summed E-state index contributed by atoms with van der Waals surface area (Å²) < 4.78 is 6.20. The third-order valence-corrected chi connectivity index (χ3v) is 8.67. The number of fused-ring (bicyclic) bond motifs is 1. The van der Waals surface area contributed by atoms with Gasteiger partial charge in [-0.05, 0) is 49.2 Å². The van der Waals surface area contributed by atoms with Gasteiger partial charge < -0.3 is 4.74 Å². The zero-order valence-corrected chi connectivity index (χ0v) is 21.9. The van der Waals surface area contributed by atoms with Crippen molar-refractivity contribution in [3.05, 3.63) is 101 Å². The summed E-state index contributed by atoms with van der Waals surface area (Å²) in [6.45, 7) is 3.53. The lowest BCUT2D eigenvalue weighted by molar-refractivity contribution is -0.158. The highest BCUT2D eigenvalue weighted by molar-refractivity contribution is 9.10. The van der Waals surface area contributed by atoms with E-state index >= 15 is 0 Å². The van der Waals surface area contributed by atoms with Crippen LogP contribution < -0.4 is 10.2 Å². The second-order valence-electron chi connectivity index (χ2n) is 9.80. The number of hydrogen-bond acceptors (Lipinski definition) is 5. The Morgan fingerprint density at radius 3 is 2.19 bits per heavy atom. The Bertz CT molecular complexity index is 1350. The van der Waals surface area contributed by atoms with E-state index in [2.05, 4.69) is 21.2 Å². The van der Waals surface area contributed by atoms with Crippen LogP contribution in [0, 0.1) is 10.8 Å². The fourth-order valence-corrected chi connectivity index (χ4v) is 6.53. The summed E-state index contributed by atoms with van der Waals surface area (Å²) >= 11 is 3.53. The van der Waals surface area contributed by atoms with Gasteiger partial charge in [0.2, 0.25) is 11.8 Å². The van der Waals surface area contributed by atoms with E-state index < -0.39 is 34.3 Å². The van der Waals surface area contributed by atoms with E-state index in [4.69, 9.17) is 4.74 Å². The Morgan fingerprint density at radius 2 is 1.58 bits per heavy atom. The minimum atomic E-state index is -1.50. The highest BCUT2D eigenvalue weighted by Gasteiger charge is 2.82. The molecule has 5 rings (SSSR count). The van der Waals surface area contributed by atoms with Crippen LogP contribution in [0.2, 0.25) is 0 Å². The maximum absolute atomic E-state index is 14.4. The SMILES string of the molecule is COC(=O)C1(Cc2ccccc2)NC(c2cccc(Br)c2)C2(C)C(=O)N(c3ccccc3)C(=O)C12C. The summed E-state index contributed by atoms with van der Waals surface area (Å²) in [5.41, 5.74) is -2.11. The predicted molar refractivity (Wildman–Crippen MR) is 140 cm³/mol. The van der Waals surface area contributed by atoms with Gasteiger partial charge in [0, 0.05) is 16.9 Å². The minimum absolute atomic E-state index is 0.179. The molecule has 0 radical (unpaired) electrons. The Morgan fingerprint density at radius 1 is 0.944 bits per heavy atom. The average molecular weight is 547 g/mol. The number of amides is 2. The first-order valence-corrected chi connectivity index (χ1v) is 12.6. The van der Waals surface area contributed by atoms with Gasteiger partial charge in [-0.15, -0.1) is 0 Å². The number of nitrogens with zero attached hydrogens (tertiary/aromatic N) is 1. The molecule has 0 aliphatic carbocycles. The lowest BCUT2D eigenvalue weighted by atomic mass is 9.57. The normalized spacial score (nSPS) is 29.3. The molecule has 2 aliphatic heterocycles. The molecule has 2 aliphatic rings. The molecule has 0 saturated carbocycles. The predicted octanol–water partition coefficient (Wildman–Crippen LogP) is 4.83. The number of imide groups is 1. The van der Waals surface area contributed by atoms with E-state index in [0.717, 1.165) is 15.6 Å². The number of carbonyl (C=O) groups excluding carboxylic acids is 3. The topological polar surface area (TPSA) is 75.7 Å². The summed E-state index contributed by atoms with van der Waals surface area (Å²) in [4.78, 5) is 43.8. The molecule has 0 bridgehead atoms. The molecule has 6 nitrogen and oxygen atoms in total. The Labute approximate surface area is 218 Å². The van der Waals surface area contributed by atoms with Gasteiger partial charge in [0.05, 0.1) is 23.6 Å². The van der Waals surface area contributed by atoms with Gasteiger partial charge in [0.15, 0.2) is 0 Å².